The van der Waals surface area contributed by atoms with Gasteiger partial charge in [-0.05, 0) is 36.4 Å². The van der Waals surface area contributed by atoms with Gasteiger partial charge in [-0.2, -0.15) is 13.2 Å². The number of carbonyl (C=O) groups excluding carboxylic acids is 1. The van der Waals surface area contributed by atoms with Crippen molar-refractivity contribution in [1.82, 2.24) is 4.98 Å². The van der Waals surface area contributed by atoms with Crippen LogP contribution in [0.3, 0.4) is 0 Å². The summed E-state index contributed by atoms with van der Waals surface area (Å²) < 4.78 is 38.5. The number of rotatable bonds is 5. The Bertz CT molecular complexity index is 941. The highest BCUT2D eigenvalue weighted by Crippen LogP contribution is 2.38. The second-order valence-electron chi connectivity index (χ2n) is 6.27. The van der Waals surface area contributed by atoms with Crippen molar-refractivity contribution in [2.24, 2.45) is 0 Å². The molecule has 2 aromatic carbocycles. The van der Waals surface area contributed by atoms with E-state index in [4.69, 9.17) is 0 Å². The molecule has 3 aromatic rings. The van der Waals surface area contributed by atoms with Crippen LogP contribution >= 0.6 is 11.8 Å². The molecule has 1 atom stereocenters. The first-order chi connectivity index (χ1) is 12.8. The summed E-state index contributed by atoms with van der Waals surface area (Å²) in [5.74, 6) is -0.937. The number of anilines is 1. The monoisotopic (exact) mass is 390 g/mol. The van der Waals surface area contributed by atoms with Gasteiger partial charge in [0, 0.05) is 17.3 Å². The topological polar surface area (TPSA) is 42.0 Å². The number of amides is 1. The number of hydrogen-bond acceptors (Lipinski definition) is 3. The lowest BCUT2D eigenvalue weighted by Crippen LogP contribution is -2.40. The number of pyridine rings is 1. The molecule has 0 radical (unpaired) electrons. The highest BCUT2D eigenvalue weighted by atomic mass is 32.2. The molecular weight excluding hydrogens is 373 g/mol. The van der Waals surface area contributed by atoms with Crippen LogP contribution in [0.15, 0.2) is 66.9 Å². The van der Waals surface area contributed by atoms with Gasteiger partial charge in [0.05, 0.1) is 16.6 Å². The van der Waals surface area contributed by atoms with E-state index in [0.29, 0.717) is 16.8 Å². The van der Waals surface area contributed by atoms with Crippen molar-refractivity contribution in [3.8, 4) is 0 Å². The molecule has 1 heterocycles. The highest BCUT2D eigenvalue weighted by Gasteiger charge is 2.40. The van der Waals surface area contributed by atoms with Gasteiger partial charge in [0.15, 0.2) is 0 Å². The van der Waals surface area contributed by atoms with E-state index in [9.17, 15) is 18.0 Å². The molecule has 1 amide bonds. The third kappa shape index (κ3) is 4.42. The quantitative estimate of drug-likeness (QED) is 0.636. The minimum Gasteiger partial charge on any atom is -0.323 e. The average molecular weight is 390 g/mol. The van der Waals surface area contributed by atoms with Crippen LogP contribution in [-0.2, 0) is 10.2 Å². The second kappa shape index (κ2) is 7.60. The van der Waals surface area contributed by atoms with Crippen molar-refractivity contribution < 1.29 is 18.0 Å². The van der Waals surface area contributed by atoms with E-state index in [0.717, 1.165) is 5.39 Å². The van der Waals surface area contributed by atoms with Gasteiger partial charge in [0.2, 0.25) is 5.91 Å². The molecule has 0 saturated heterocycles. The van der Waals surface area contributed by atoms with Crippen LogP contribution in [0.5, 0.6) is 0 Å². The lowest BCUT2D eigenvalue weighted by molar-refractivity contribution is -0.120. The summed E-state index contributed by atoms with van der Waals surface area (Å²) in [7, 11) is 0. The van der Waals surface area contributed by atoms with Crippen LogP contribution in [-0.4, -0.2) is 22.2 Å². The SMILES string of the molecule is CC(CSC(F)(F)F)(C(=O)Nc1cccc2cccnc12)c1ccccc1. The third-order valence-corrected chi connectivity index (χ3v) is 5.37. The molecule has 0 fully saturated rings. The number of nitrogens with zero attached hydrogens (tertiary/aromatic N) is 1. The fourth-order valence-electron chi connectivity index (χ4n) is 2.78. The zero-order chi connectivity index (χ0) is 19.5. The molecule has 1 aromatic heterocycles. The largest absolute Gasteiger partial charge is 0.441 e. The standard InChI is InChI=1S/C20H17F3N2OS/c1-19(13-27-20(21,22)23,15-9-3-2-4-10-15)18(26)25-16-11-5-7-14-8-6-12-24-17(14)16/h2-12H,13H2,1H3,(H,25,26). The van der Waals surface area contributed by atoms with Crippen molar-refractivity contribution in [3.63, 3.8) is 0 Å². The van der Waals surface area contributed by atoms with Gasteiger partial charge in [0.25, 0.3) is 0 Å². The molecular formula is C20H17F3N2OS. The second-order valence-corrected chi connectivity index (χ2v) is 7.31. The molecule has 140 valence electrons. The van der Waals surface area contributed by atoms with E-state index in [-0.39, 0.29) is 11.8 Å². The smallest absolute Gasteiger partial charge is 0.323 e. The summed E-state index contributed by atoms with van der Waals surface area (Å²) in [4.78, 5) is 17.4. The molecule has 1 N–H and O–H groups in total. The number of thioether (sulfide) groups is 1. The lowest BCUT2D eigenvalue weighted by atomic mass is 9.83. The van der Waals surface area contributed by atoms with Crippen LogP contribution in [0.2, 0.25) is 0 Å². The Kier molecular flexibility index (Phi) is 5.41. The van der Waals surface area contributed by atoms with Crippen molar-refractivity contribution >= 4 is 34.3 Å². The van der Waals surface area contributed by atoms with E-state index in [1.165, 1.54) is 6.92 Å². The Morgan fingerprint density at radius 2 is 1.74 bits per heavy atom. The Balaban J connectivity index is 1.95. The molecule has 0 aliphatic rings. The van der Waals surface area contributed by atoms with Gasteiger partial charge >= 0.3 is 5.51 Å². The van der Waals surface area contributed by atoms with E-state index in [1.807, 2.05) is 12.1 Å². The molecule has 7 heteroatoms. The Hall–Kier alpha value is -2.54. The first-order valence-electron chi connectivity index (χ1n) is 8.21. The number of carbonyl (C=O) groups is 1. The van der Waals surface area contributed by atoms with E-state index < -0.39 is 22.6 Å². The zero-order valence-corrected chi connectivity index (χ0v) is 15.3. The van der Waals surface area contributed by atoms with Crippen LogP contribution in [0, 0.1) is 0 Å². The fourth-order valence-corrected chi connectivity index (χ4v) is 3.53. The first-order valence-corrected chi connectivity index (χ1v) is 9.19. The maximum absolute atomic E-state index is 13.1. The molecule has 0 aliphatic carbocycles. The van der Waals surface area contributed by atoms with Crippen molar-refractivity contribution in [3.05, 3.63) is 72.4 Å². The molecule has 0 bridgehead atoms. The summed E-state index contributed by atoms with van der Waals surface area (Å²) >= 11 is -0.199. The predicted octanol–water partition coefficient (Wildman–Crippen LogP) is 5.38. The number of alkyl halides is 3. The van der Waals surface area contributed by atoms with Crippen molar-refractivity contribution in [1.29, 1.82) is 0 Å². The third-order valence-electron chi connectivity index (χ3n) is 4.32. The van der Waals surface area contributed by atoms with Crippen LogP contribution in [0.25, 0.3) is 10.9 Å². The molecule has 3 rings (SSSR count). The van der Waals surface area contributed by atoms with Gasteiger partial charge in [-0.25, -0.2) is 0 Å². The predicted molar refractivity (Wildman–Crippen MR) is 103 cm³/mol. The van der Waals surface area contributed by atoms with Gasteiger partial charge < -0.3 is 5.32 Å². The molecule has 0 spiro atoms. The van der Waals surface area contributed by atoms with E-state index in [1.54, 1.807) is 54.7 Å². The molecule has 27 heavy (non-hydrogen) atoms. The van der Waals surface area contributed by atoms with Gasteiger partial charge in [-0.15, -0.1) is 0 Å². The number of para-hydroxylation sites is 1. The number of halogens is 3. The van der Waals surface area contributed by atoms with E-state index >= 15 is 0 Å². The zero-order valence-electron chi connectivity index (χ0n) is 14.5. The fraction of sp³-hybridized carbons (Fsp3) is 0.200. The number of benzene rings is 2. The first kappa shape index (κ1) is 19.2. The Morgan fingerprint density at radius 3 is 2.44 bits per heavy atom. The highest BCUT2D eigenvalue weighted by molar-refractivity contribution is 8.00. The van der Waals surface area contributed by atoms with E-state index in [2.05, 4.69) is 10.3 Å². The van der Waals surface area contributed by atoms with Crippen LogP contribution in [0.4, 0.5) is 18.9 Å². The Labute approximate surface area is 159 Å². The molecule has 0 saturated carbocycles. The minimum absolute atomic E-state index is 0.199. The number of aromatic nitrogens is 1. The summed E-state index contributed by atoms with van der Waals surface area (Å²) in [6, 6.07) is 17.4. The maximum Gasteiger partial charge on any atom is 0.441 e. The average Bonchev–Trinajstić information content (AvgIpc) is 2.66. The summed E-state index contributed by atoms with van der Waals surface area (Å²) in [5, 5.41) is 3.61. The Morgan fingerprint density at radius 1 is 1.04 bits per heavy atom. The number of fused-ring (bicyclic) bond motifs is 1. The van der Waals surface area contributed by atoms with Crippen molar-refractivity contribution in [2.75, 3.05) is 11.1 Å². The normalized spacial score (nSPS) is 13.9. The van der Waals surface area contributed by atoms with Gasteiger partial charge in [-0.1, -0.05) is 48.5 Å². The summed E-state index contributed by atoms with van der Waals surface area (Å²) in [5.41, 5.74) is -4.20. The number of hydrogen-bond donors (Lipinski definition) is 1. The van der Waals surface area contributed by atoms with Gasteiger partial charge in [-0.3, -0.25) is 9.78 Å². The van der Waals surface area contributed by atoms with Crippen LogP contribution in [0.1, 0.15) is 12.5 Å². The number of nitrogens with one attached hydrogen (secondary N) is 1. The summed E-state index contributed by atoms with van der Waals surface area (Å²) in [6.45, 7) is 1.52. The van der Waals surface area contributed by atoms with Crippen molar-refractivity contribution in [2.45, 2.75) is 17.8 Å². The molecule has 0 aliphatic heterocycles. The molecule has 3 nitrogen and oxygen atoms in total. The van der Waals surface area contributed by atoms with Crippen LogP contribution < -0.4 is 5.32 Å². The van der Waals surface area contributed by atoms with Gasteiger partial charge in [0.1, 0.15) is 0 Å². The summed E-state index contributed by atoms with van der Waals surface area (Å²) in [6.07, 6.45) is 1.61. The lowest BCUT2D eigenvalue weighted by Gasteiger charge is -2.29. The molecule has 1 unspecified atom stereocenters. The maximum atomic E-state index is 13.1. The minimum atomic E-state index is -4.42.